The molecule has 1 amide bonds. The minimum Gasteiger partial charge on any atom is -0.366 e. The summed E-state index contributed by atoms with van der Waals surface area (Å²) < 4.78 is 0. The number of nitrogens with zero attached hydrogens (tertiary/aromatic N) is 4. The molecule has 1 fully saturated rings. The number of carbonyl (C=O) groups is 1. The van der Waals surface area contributed by atoms with Crippen LogP contribution in [0.15, 0.2) is 42.5 Å². The minimum absolute atomic E-state index is 0.0220. The highest BCUT2D eigenvalue weighted by Gasteiger charge is 2.25. The lowest BCUT2D eigenvalue weighted by Gasteiger charge is -2.36. The largest absolute Gasteiger partial charge is 0.366 e. The second-order valence-corrected chi connectivity index (χ2v) is 6.07. The first kappa shape index (κ1) is 16.5. The molecule has 124 valence electrons. The van der Waals surface area contributed by atoms with Gasteiger partial charge in [0, 0.05) is 31.7 Å². The third-order valence-corrected chi connectivity index (χ3v) is 4.46. The Bertz CT molecular complexity index is 834. The van der Waals surface area contributed by atoms with E-state index in [-0.39, 0.29) is 5.91 Å². The van der Waals surface area contributed by atoms with E-state index in [1.807, 2.05) is 41.0 Å². The first-order valence-electron chi connectivity index (χ1n) is 8.18. The van der Waals surface area contributed by atoms with Gasteiger partial charge in [-0.1, -0.05) is 23.8 Å². The lowest BCUT2D eigenvalue weighted by Crippen LogP contribution is -2.49. The highest BCUT2D eigenvalue weighted by molar-refractivity contribution is 5.94. The van der Waals surface area contributed by atoms with Gasteiger partial charge >= 0.3 is 0 Å². The molecule has 0 atom stereocenters. The molecule has 0 saturated carbocycles. The van der Waals surface area contributed by atoms with Crippen molar-refractivity contribution in [2.45, 2.75) is 6.92 Å². The van der Waals surface area contributed by atoms with Crippen LogP contribution >= 0.6 is 0 Å². The van der Waals surface area contributed by atoms with Crippen LogP contribution in [0.3, 0.4) is 0 Å². The molecule has 2 aromatic rings. The molecule has 0 radical (unpaired) electrons. The summed E-state index contributed by atoms with van der Waals surface area (Å²) in [5.74, 6) is 0.0220. The number of nitriles is 2. The molecule has 5 nitrogen and oxygen atoms in total. The SMILES string of the molecule is Cc1ccc(C(=O)N2CCN(c3c(C#N)cccc3C#N)CC2)cc1. The molecule has 1 saturated heterocycles. The summed E-state index contributed by atoms with van der Waals surface area (Å²) in [5, 5.41) is 18.7. The fourth-order valence-corrected chi connectivity index (χ4v) is 3.08. The molecule has 0 spiro atoms. The van der Waals surface area contributed by atoms with Gasteiger partial charge in [-0.3, -0.25) is 4.79 Å². The van der Waals surface area contributed by atoms with Crippen molar-refractivity contribution in [1.29, 1.82) is 10.5 Å². The number of aryl methyl sites for hydroxylation is 1. The predicted octanol–water partition coefficient (Wildman–Crippen LogP) is 2.70. The standard InChI is InChI=1S/C20H18N4O/c1-15-5-7-16(8-6-15)20(25)24-11-9-23(10-12-24)19-17(13-21)3-2-4-18(19)14-22/h2-8H,9-12H2,1H3. The summed E-state index contributed by atoms with van der Waals surface area (Å²) in [6.07, 6.45) is 0. The topological polar surface area (TPSA) is 71.1 Å². The first-order chi connectivity index (χ1) is 12.1. The molecule has 0 N–H and O–H groups in total. The summed E-state index contributed by atoms with van der Waals surface area (Å²) in [7, 11) is 0. The van der Waals surface area contributed by atoms with Gasteiger partial charge in [-0.05, 0) is 31.2 Å². The van der Waals surface area contributed by atoms with Crippen molar-refractivity contribution in [1.82, 2.24) is 4.90 Å². The van der Waals surface area contributed by atoms with Crippen LogP contribution in [-0.4, -0.2) is 37.0 Å². The number of para-hydroxylation sites is 1. The molecule has 0 bridgehead atoms. The Balaban J connectivity index is 1.75. The predicted molar refractivity (Wildman–Crippen MR) is 95.2 cm³/mol. The lowest BCUT2D eigenvalue weighted by molar-refractivity contribution is 0.0747. The quantitative estimate of drug-likeness (QED) is 0.849. The van der Waals surface area contributed by atoms with Crippen LogP contribution in [0.2, 0.25) is 0 Å². The summed E-state index contributed by atoms with van der Waals surface area (Å²) in [4.78, 5) is 16.4. The maximum Gasteiger partial charge on any atom is 0.253 e. The minimum atomic E-state index is 0.0220. The van der Waals surface area contributed by atoms with E-state index in [4.69, 9.17) is 0 Å². The van der Waals surface area contributed by atoms with E-state index in [2.05, 4.69) is 12.1 Å². The molecule has 0 unspecified atom stereocenters. The molecule has 1 heterocycles. The van der Waals surface area contributed by atoms with Crippen molar-refractivity contribution >= 4 is 11.6 Å². The third kappa shape index (κ3) is 3.32. The molecular weight excluding hydrogens is 312 g/mol. The highest BCUT2D eigenvalue weighted by atomic mass is 16.2. The fraction of sp³-hybridized carbons (Fsp3) is 0.250. The zero-order valence-corrected chi connectivity index (χ0v) is 14.1. The zero-order chi connectivity index (χ0) is 17.8. The van der Waals surface area contributed by atoms with Crippen LogP contribution < -0.4 is 4.90 Å². The Morgan fingerprint density at radius 1 is 0.920 bits per heavy atom. The van der Waals surface area contributed by atoms with Crippen LogP contribution in [0.25, 0.3) is 0 Å². The van der Waals surface area contributed by atoms with Crippen molar-refractivity contribution in [3.8, 4) is 12.1 Å². The summed E-state index contributed by atoms with van der Waals surface area (Å²) in [6.45, 7) is 4.33. The first-order valence-corrected chi connectivity index (χ1v) is 8.18. The summed E-state index contributed by atoms with van der Waals surface area (Å²) in [5.41, 5.74) is 3.48. The average molecular weight is 330 g/mol. The molecule has 1 aliphatic rings. The lowest BCUT2D eigenvalue weighted by atomic mass is 10.1. The number of hydrogen-bond acceptors (Lipinski definition) is 4. The van der Waals surface area contributed by atoms with E-state index in [1.165, 1.54) is 0 Å². The maximum absolute atomic E-state index is 12.6. The van der Waals surface area contributed by atoms with Crippen LogP contribution in [0.5, 0.6) is 0 Å². The van der Waals surface area contributed by atoms with Crippen molar-refractivity contribution in [3.05, 3.63) is 64.7 Å². The van der Waals surface area contributed by atoms with Crippen molar-refractivity contribution in [2.75, 3.05) is 31.1 Å². The Hall–Kier alpha value is -3.31. The molecule has 3 rings (SSSR count). The van der Waals surface area contributed by atoms with E-state index in [0.717, 1.165) is 5.56 Å². The van der Waals surface area contributed by atoms with Crippen molar-refractivity contribution in [2.24, 2.45) is 0 Å². The van der Waals surface area contributed by atoms with E-state index >= 15 is 0 Å². The number of hydrogen-bond donors (Lipinski definition) is 0. The molecule has 1 aliphatic heterocycles. The van der Waals surface area contributed by atoms with E-state index < -0.39 is 0 Å². The van der Waals surface area contributed by atoms with Crippen LogP contribution in [0.4, 0.5) is 5.69 Å². The molecule has 5 heteroatoms. The smallest absolute Gasteiger partial charge is 0.253 e. The van der Waals surface area contributed by atoms with Crippen molar-refractivity contribution < 1.29 is 4.79 Å². The number of carbonyl (C=O) groups excluding carboxylic acids is 1. The van der Waals surface area contributed by atoms with Crippen LogP contribution in [0, 0.1) is 29.6 Å². The second kappa shape index (κ2) is 7.07. The van der Waals surface area contributed by atoms with Gasteiger partial charge in [-0.2, -0.15) is 10.5 Å². The van der Waals surface area contributed by atoms with Gasteiger partial charge in [0.2, 0.25) is 0 Å². The molecule has 0 aromatic heterocycles. The van der Waals surface area contributed by atoms with Gasteiger partial charge in [0.15, 0.2) is 0 Å². The third-order valence-electron chi connectivity index (χ3n) is 4.46. The van der Waals surface area contributed by atoms with Crippen LogP contribution in [0.1, 0.15) is 27.0 Å². The molecule has 2 aromatic carbocycles. The highest BCUT2D eigenvalue weighted by Crippen LogP contribution is 2.26. The van der Waals surface area contributed by atoms with Gasteiger partial charge in [-0.25, -0.2) is 0 Å². The van der Waals surface area contributed by atoms with E-state index in [9.17, 15) is 15.3 Å². The number of amides is 1. The Kier molecular flexibility index (Phi) is 4.68. The molecule has 0 aliphatic carbocycles. The fourth-order valence-electron chi connectivity index (χ4n) is 3.08. The molecular formula is C20H18N4O. The average Bonchev–Trinajstić information content (AvgIpc) is 2.67. The Morgan fingerprint density at radius 3 is 2.00 bits per heavy atom. The normalized spacial score (nSPS) is 13.9. The number of benzene rings is 2. The summed E-state index contributed by atoms with van der Waals surface area (Å²) in [6, 6.07) is 17.1. The Morgan fingerprint density at radius 2 is 1.48 bits per heavy atom. The zero-order valence-electron chi connectivity index (χ0n) is 14.1. The van der Waals surface area contributed by atoms with Gasteiger partial charge < -0.3 is 9.80 Å². The van der Waals surface area contributed by atoms with Crippen LogP contribution in [-0.2, 0) is 0 Å². The number of rotatable bonds is 2. The molecule has 25 heavy (non-hydrogen) atoms. The summed E-state index contributed by atoms with van der Waals surface area (Å²) >= 11 is 0. The van der Waals surface area contributed by atoms with Gasteiger partial charge in [-0.15, -0.1) is 0 Å². The van der Waals surface area contributed by atoms with Gasteiger partial charge in [0.05, 0.1) is 16.8 Å². The van der Waals surface area contributed by atoms with E-state index in [0.29, 0.717) is 48.6 Å². The monoisotopic (exact) mass is 330 g/mol. The van der Waals surface area contributed by atoms with Gasteiger partial charge in [0.25, 0.3) is 5.91 Å². The second-order valence-electron chi connectivity index (χ2n) is 6.07. The van der Waals surface area contributed by atoms with Gasteiger partial charge in [0.1, 0.15) is 12.1 Å². The van der Waals surface area contributed by atoms with E-state index in [1.54, 1.807) is 18.2 Å². The van der Waals surface area contributed by atoms with Crippen molar-refractivity contribution in [3.63, 3.8) is 0 Å². The number of piperazine rings is 1. The Labute approximate surface area is 147 Å². The number of anilines is 1. The maximum atomic E-state index is 12.6.